The maximum atomic E-state index is 12.3. The van der Waals surface area contributed by atoms with Crippen molar-refractivity contribution in [3.63, 3.8) is 0 Å². The average molecular weight is 361 g/mol. The number of pyridine rings is 1. The fraction of sp³-hybridized carbons (Fsp3) is 0.250. The molecule has 0 spiro atoms. The Labute approximate surface area is 155 Å². The summed E-state index contributed by atoms with van der Waals surface area (Å²) in [5, 5.41) is 0. The van der Waals surface area contributed by atoms with E-state index in [1.54, 1.807) is 6.20 Å². The van der Waals surface area contributed by atoms with Gasteiger partial charge in [0.2, 0.25) is 0 Å². The first-order chi connectivity index (χ1) is 13.0. The molecule has 1 N–H and O–H groups in total. The van der Waals surface area contributed by atoms with E-state index in [2.05, 4.69) is 19.9 Å². The molecule has 0 bridgehead atoms. The monoisotopic (exact) mass is 361 g/mol. The lowest BCUT2D eigenvalue weighted by molar-refractivity contribution is 0.643. The molecule has 0 atom stereocenters. The molecule has 1 aromatic heterocycles. The molecule has 27 heavy (non-hydrogen) atoms. The molecule has 7 nitrogen and oxygen atoms in total. The highest BCUT2D eigenvalue weighted by molar-refractivity contribution is 5.81. The van der Waals surface area contributed by atoms with Crippen LogP contribution in [0.4, 0.5) is 0 Å². The Hall–Kier alpha value is -3.35. The van der Waals surface area contributed by atoms with E-state index in [0.29, 0.717) is 12.4 Å². The molecule has 2 aliphatic heterocycles. The zero-order chi connectivity index (χ0) is 19.0. The van der Waals surface area contributed by atoms with Gasteiger partial charge in [-0.15, -0.1) is 0 Å². The lowest BCUT2D eigenvalue weighted by Gasteiger charge is -2.17. The van der Waals surface area contributed by atoms with Crippen molar-refractivity contribution in [2.45, 2.75) is 33.2 Å². The Morgan fingerprint density at radius 3 is 2.67 bits per heavy atom. The summed E-state index contributed by atoms with van der Waals surface area (Å²) >= 11 is 0. The van der Waals surface area contributed by atoms with E-state index in [1.165, 1.54) is 0 Å². The second kappa shape index (κ2) is 6.75. The van der Waals surface area contributed by atoms with Crippen LogP contribution in [-0.2, 0) is 13.0 Å². The molecule has 1 aromatic carbocycles. The second-order valence-corrected chi connectivity index (χ2v) is 6.66. The van der Waals surface area contributed by atoms with Gasteiger partial charge in [-0.3, -0.25) is 14.8 Å². The fourth-order valence-corrected chi connectivity index (χ4v) is 3.24. The van der Waals surface area contributed by atoms with Gasteiger partial charge in [0.25, 0.3) is 5.56 Å². The van der Waals surface area contributed by atoms with Gasteiger partial charge in [0.1, 0.15) is 0 Å². The minimum atomic E-state index is -0.657. The summed E-state index contributed by atoms with van der Waals surface area (Å²) in [4.78, 5) is 39.1. The molecule has 0 amide bonds. The largest absolute Gasteiger partial charge is 0.349 e. The summed E-state index contributed by atoms with van der Waals surface area (Å²) in [6.45, 7) is 4.64. The van der Waals surface area contributed by atoms with Gasteiger partial charge in [0.05, 0.1) is 11.0 Å². The third-order valence-corrected chi connectivity index (χ3v) is 4.77. The minimum Gasteiger partial charge on any atom is -0.322 e. The molecular weight excluding hydrogens is 342 g/mol. The van der Waals surface area contributed by atoms with Crippen LogP contribution in [0.3, 0.4) is 0 Å². The van der Waals surface area contributed by atoms with E-state index in [1.807, 2.05) is 48.7 Å². The van der Waals surface area contributed by atoms with Crippen molar-refractivity contribution in [1.82, 2.24) is 24.5 Å². The number of aromatic amines is 1. The van der Waals surface area contributed by atoms with Gasteiger partial charge in [0, 0.05) is 18.4 Å². The number of H-pyrrole nitrogens is 1. The number of hydrogen-bond donors (Lipinski definition) is 1. The molecule has 0 saturated carbocycles. The molecule has 136 valence electrons. The summed E-state index contributed by atoms with van der Waals surface area (Å²) in [5.74, 6) is 0.320. The van der Waals surface area contributed by atoms with Crippen LogP contribution in [0.15, 0.2) is 46.1 Å². The predicted molar refractivity (Wildman–Crippen MR) is 103 cm³/mol. The third-order valence-electron chi connectivity index (χ3n) is 4.77. The Kier molecular flexibility index (Phi) is 4.27. The molecule has 2 aliphatic rings. The molecule has 0 unspecified atom stereocenters. The van der Waals surface area contributed by atoms with E-state index < -0.39 is 11.2 Å². The zero-order valence-corrected chi connectivity index (χ0v) is 15.2. The lowest BCUT2D eigenvalue weighted by Crippen LogP contribution is -2.29. The standard InChI is InChI=1S/C20H19N5O2/c1-12-10-15-16(11-13(12)2)25(9-5-7-14-6-3-4-8-21-14)18-17(22-15)19(26)24-20(27)23-18/h3-4,6,8,10-11H,5,7,9H2,1-2H3,(H,24,26,27). The highest BCUT2D eigenvalue weighted by Gasteiger charge is 2.19. The Balaban J connectivity index is 1.85. The van der Waals surface area contributed by atoms with Gasteiger partial charge in [0.15, 0.2) is 11.5 Å². The highest BCUT2D eigenvalue weighted by atomic mass is 16.2. The number of benzene rings is 1. The van der Waals surface area contributed by atoms with Crippen LogP contribution < -0.4 is 11.2 Å². The van der Waals surface area contributed by atoms with Crippen molar-refractivity contribution in [2.75, 3.05) is 0 Å². The van der Waals surface area contributed by atoms with E-state index in [0.717, 1.165) is 40.7 Å². The van der Waals surface area contributed by atoms with Crippen molar-refractivity contribution in [3.05, 3.63) is 74.2 Å². The Bertz CT molecular complexity index is 1210. The van der Waals surface area contributed by atoms with Gasteiger partial charge < -0.3 is 4.57 Å². The molecule has 4 rings (SSSR count). The van der Waals surface area contributed by atoms with Crippen LogP contribution in [0.25, 0.3) is 22.6 Å². The van der Waals surface area contributed by atoms with Gasteiger partial charge in [-0.2, -0.15) is 4.98 Å². The fourth-order valence-electron chi connectivity index (χ4n) is 3.24. The van der Waals surface area contributed by atoms with E-state index in [9.17, 15) is 9.59 Å². The maximum absolute atomic E-state index is 12.3. The van der Waals surface area contributed by atoms with Crippen LogP contribution in [-0.4, -0.2) is 24.5 Å². The van der Waals surface area contributed by atoms with Crippen LogP contribution in [0.2, 0.25) is 0 Å². The van der Waals surface area contributed by atoms with Gasteiger partial charge in [-0.05, 0) is 62.1 Å². The molecular formula is C20H19N5O2. The second-order valence-electron chi connectivity index (χ2n) is 6.66. The molecule has 3 heterocycles. The van der Waals surface area contributed by atoms with E-state index in [4.69, 9.17) is 0 Å². The first kappa shape index (κ1) is 17.1. The van der Waals surface area contributed by atoms with Crippen LogP contribution in [0.1, 0.15) is 23.2 Å². The van der Waals surface area contributed by atoms with Crippen molar-refractivity contribution in [1.29, 1.82) is 0 Å². The number of rotatable bonds is 4. The first-order valence-corrected chi connectivity index (χ1v) is 8.84. The zero-order valence-electron chi connectivity index (χ0n) is 15.2. The van der Waals surface area contributed by atoms with E-state index >= 15 is 0 Å². The summed E-state index contributed by atoms with van der Waals surface area (Å²) in [6.07, 6.45) is 3.36. The average Bonchev–Trinajstić information content (AvgIpc) is 2.64. The van der Waals surface area contributed by atoms with Crippen molar-refractivity contribution in [3.8, 4) is 11.5 Å². The summed E-state index contributed by atoms with van der Waals surface area (Å²) in [5.41, 5.74) is 3.82. The lowest BCUT2D eigenvalue weighted by atomic mass is 10.1. The SMILES string of the molecule is Cc1cc2nc3c(=O)[nH]c(=O)nc-3n(CCCc3ccccn3)c2cc1C. The van der Waals surface area contributed by atoms with Crippen molar-refractivity contribution >= 4 is 11.0 Å². The summed E-state index contributed by atoms with van der Waals surface area (Å²) in [7, 11) is 0. The molecule has 2 aromatic rings. The smallest absolute Gasteiger partial charge is 0.322 e. The van der Waals surface area contributed by atoms with Crippen LogP contribution >= 0.6 is 0 Å². The highest BCUT2D eigenvalue weighted by Crippen LogP contribution is 2.24. The first-order valence-electron chi connectivity index (χ1n) is 8.84. The number of nitrogens with zero attached hydrogens (tertiary/aromatic N) is 4. The van der Waals surface area contributed by atoms with Gasteiger partial charge in [-0.25, -0.2) is 9.78 Å². The topological polar surface area (TPSA) is 93.5 Å². The molecule has 0 aliphatic carbocycles. The predicted octanol–water partition coefficient (Wildman–Crippen LogP) is 2.23. The maximum Gasteiger partial charge on any atom is 0.349 e. The molecule has 7 heteroatoms. The van der Waals surface area contributed by atoms with Crippen LogP contribution in [0.5, 0.6) is 0 Å². The van der Waals surface area contributed by atoms with Gasteiger partial charge >= 0.3 is 5.69 Å². The molecule has 0 fully saturated rings. The number of fused-ring (bicyclic) bond motifs is 2. The van der Waals surface area contributed by atoms with E-state index in [-0.39, 0.29) is 5.69 Å². The number of aryl methyl sites for hydroxylation is 4. The minimum absolute atomic E-state index is 0.184. The quantitative estimate of drug-likeness (QED) is 0.563. The number of aromatic nitrogens is 5. The Morgan fingerprint density at radius 2 is 1.89 bits per heavy atom. The third kappa shape index (κ3) is 3.23. The van der Waals surface area contributed by atoms with Crippen molar-refractivity contribution in [2.24, 2.45) is 0 Å². The number of hydrogen-bond acceptors (Lipinski definition) is 5. The Morgan fingerprint density at radius 1 is 1.07 bits per heavy atom. The van der Waals surface area contributed by atoms with Crippen LogP contribution in [0, 0.1) is 13.8 Å². The number of nitrogens with one attached hydrogen (secondary N) is 1. The van der Waals surface area contributed by atoms with Gasteiger partial charge in [-0.1, -0.05) is 6.07 Å². The normalized spacial score (nSPS) is 11.3. The van der Waals surface area contributed by atoms with Crippen molar-refractivity contribution < 1.29 is 0 Å². The molecule has 0 radical (unpaired) electrons. The molecule has 0 saturated heterocycles. The summed E-state index contributed by atoms with van der Waals surface area (Å²) in [6, 6.07) is 9.83. The summed E-state index contributed by atoms with van der Waals surface area (Å²) < 4.78 is 1.92.